The number of hydrogen-bond acceptors (Lipinski definition) is 6. The Balaban J connectivity index is 1.31. The first-order chi connectivity index (χ1) is 16.4. The first kappa shape index (κ1) is 22.3. The fourth-order valence-corrected chi connectivity index (χ4v) is 4.71. The largest absolute Gasteiger partial charge is 0.492 e. The van der Waals surface area contributed by atoms with Crippen LogP contribution in [0.5, 0.6) is 5.75 Å². The predicted molar refractivity (Wildman–Crippen MR) is 124 cm³/mol. The summed E-state index contributed by atoms with van der Waals surface area (Å²) in [6.45, 7) is 5.05. The third-order valence-corrected chi connectivity index (χ3v) is 6.54. The molecule has 1 fully saturated rings. The maximum Gasteiger partial charge on any atom is 0.272 e. The predicted octanol–water partition coefficient (Wildman–Crippen LogP) is 2.13. The molecule has 0 bridgehead atoms. The summed E-state index contributed by atoms with van der Waals surface area (Å²) in [6, 6.07) is 4.89. The van der Waals surface area contributed by atoms with E-state index in [9.17, 15) is 14.0 Å². The van der Waals surface area contributed by atoms with Crippen LogP contribution in [-0.2, 0) is 13.0 Å². The van der Waals surface area contributed by atoms with Crippen LogP contribution in [0.1, 0.15) is 27.3 Å². The molecule has 0 radical (unpaired) electrons. The van der Waals surface area contributed by atoms with Gasteiger partial charge in [-0.3, -0.25) is 14.5 Å². The molecule has 0 saturated carbocycles. The molecule has 0 spiro atoms. The first-order valence-electron chi connectivity index (χ1n) is 11.2. The maximum atomic E-state index is 15.3. The number of aromatic amines is 1. The normalized spacial score (nSPS) is 15.9. The number of pyridine rings is 2. The van der Waals surface area contributed by atoms with Crippen molar-refractivity contribution < 1.29 is 18.3 Å². The van der Waals surface area contributed by atoms with Crippen molar-refractivity contribution in [1.82, 2.24) is 20.2 Å². The highest BCUT2D eigenvalue weighted by atomic mass is 19.1. The number of nitrogens with zero attached hydrogens (tertiary/aromatic N) is 3. The second-order valence-electron chi connectivity index (χ2n) is 8.59. The average Bonchev–Trinajstić information content (AvgIpc) is 3.34. The number of rotatable bonds is 4. The van der Waals surface area contributed by atoms with E-state index < -0.39 is 17.5 Å². The van der Waals surface area contributed by atoms with Crippen LogP contribution in [0.15, 0.2) is 23.0 Å². The van der Waals surface area contributed by atoms with Crippen LogP contribution in [-0.4, -0.2) is 60.6 Å². The molecule has 0 unspecified atom stereocenters. The highest BCUT2D eigenvalue weighted by Gasteiger charge is 2.25. The number of aryl methyl sites for hydroxylation is 1. The molecular formula is C24H25F2N5O3. The van der Waals surface area contributed by atoms with Crippen molar-refractivity contribution in [3.63, 3.8) is 0 Å². The van der Waals surface area contributed by atoms with E-state index in [0.717, 1.165) is 0 Å². The number of amides is 1. The number of piperazine rings is 1. The van der Waals surface area contributed by atoms with Gasteiger partial charge in [0.05, 0.1) is 29.1 Å². The lowest BCUT2D eigenvalue weighted by Gasteiger charge is -2.36. The van der Waals surface area contributed by atoms with Crippen LogP contribution in [0.25, 0.3) is 10.9 Å². The van der Waals surface area contributed by atoms with Gasteiger partial charge in [0.25, 0.3) is 11.5 Å². The van der Waals surface area contributed by atoms with Crippen LogP contribution in [0.3, 0.4) is 0 Å². The Morgan fingerprint density at radius 2 is 2.00 bits per heavy atom. The lowest BCUT2D eigenvalue weighted by atomic mass is 10.1. The molecule has 178 valence electrons. The summed E-state index contributed by atoms with van der Waals surface area (Å²) in [5.74, 6) is -1.18. The highest BCUT2D eigenvalue weighted by Crippen LogP contribution is 2.33. The van der Waals surface area contributed by atoms with Gasteiger partial charge in [0.1, 0.15) is 5.75 Å². The standard InChI is InChI=1S/C24H25F2N5O3/c1-13-18(11-17(25)21(28-13)24(33)27-2)31-8-6-30(7-9-31)12-14-3-4-15-20(19(14)26)29-23(32)16-5-10-34-22(15)16/h3-4,11H,5-10,12H2,1-2H3,(H,27,33)(H,29,32). The van der Waals surface area contributed by atoms with E-state index in [-0.39, 0.29) is 16.8 Å². The van der Waals surface area contributed by atoms with Crippen LogP contribution in [0.2, 0.25) is 0 Å². The van der Waals surface area contributed by atoms with Crippen LogP contribution in [0.4, 0.5) is 14.5 Å². The molecule has 5 rings (SSSR count). The number of ether oxygens (including phenoxy) is 1. The van der Waals surface area contributed by atoms with Crippen LogP contribution >= 0.6 is 0 Å². The minimum atomic E-state index is -0.662. The van der Waals surface area contributed by atoms with E-state index in [2.05, 4.69) is 20.2 Å². The summed E-state index contributed by atoms with van der Waals surface area (Å²) >= 11 is 0. The number of halogens is 2. The zero-order valence-electron chi connectivity index (χ0n) is 19.0. The first-order valence-corrected chi connectivity index (χ1v) is 11.2. The van der Waals surface area contributed by atoms with Gasteiger partial charge in [0.2, 0.25) is 0 Å². The molecule has 2 aliphatic heterocycles. The zero-order chi connectivity index (χ0) is 24.0. The molecule has 1 amide bonds. The molecular weight excluding hydrogens is 444 g/mol. The summed E-state index contributed by atoms with van der Waals surface area (Å²) in [4.78, 5) is 35.0. The number of carbonyl (C=O) groups excluding carboxylic acids is 1. The minimum Gasteiger partial charge on any atom is -0.492 e. The Kier molecular flexibility index (Phi) is 5.68. The fourth-order valence-electron chi connectivity index (χ4n) is 4.71. The SMILES string of the molecule is CNC(=O)c1nc(C)c(N2CCN(Cc3ccc4c5c(c(=O)[nH]c4c3F)CCO5)CC2)cc1F. The van der Waals surface area contributed by atoms with Crippen molar-refractivity contribution >= 4 is 22.5 Å². The third-order valence-electron chi connectivity index (χ3n) is 6.54. The van der Waals surface area contributed by atoms with Gasteiger partial charge in [0.15, 0.2) is 17.3 Å². The van der Waals surface area contributed by atoms with Crippen molar-refractivity contribution in [1.29, 1.82) is 0 Å². The van der Waals surface area contributed by atoms with Crippen molar-refractivity contribution in [2.75, 3.05) is 44.7 Å². The molecule has 8 nitrogen and oxygen atoms in total. The van der Waals surface area contributed by atoms with Gasteiger partial charge >= 0.3 is 0 Å². The molecule has 1 saturated heterocycles. The summed E-state index contributed by atoms with van der Waals surface area (Å²) in [7, 11) is 1.43. The van der Waals surface area contributed by atoms with Gasteiger partial charge < -0.3 is 19.9 Å². The van der Waals surface area contributed by atoms with Gasteiger partial charge in [0, 0.05) is 63.2 Å². The van der Waals surface area contributed by atoms with Gasteiger partial charge in [-0.15, -0.1) is 0 Å². The van der Waals surface area contributed by atoms with E-state index in [4.69, 9.17) is 4.74 Å². The molecule has 0 atom stereocenters. The highest BCUT2D eigenvalue weighted by molar-refractivity contribution is 5.92. The molecule has 34 heavy (non-hydrogen) atoms. The average molecular weight is 469 g/mol. The molecule has 2 aromatic heterocycles. The number of H-pyrrole nitrogens is 1. The summed E-state index contributed by atoms with van der Waals surface area (Å²) in [5, 5.41) is 2.98. The Hall–Kier alpha value is -3.53. The second kappa shape index (κ2) is 8.68. The second-order valence-corrected chi connectivity index (χ2v) is 8.59. The summed E-state index contributed by atoms with van der Waals surface area (Å²) < 4.78 is 35.3. The fraction of sp³-hybridized carbons (Fsp3) is 0.375. The summed E-state index contributed by atoms with van der Waals surface area (Å²) in [6.07, 6.45) is 0.529. The number of carbonyl (C=O) groups is 1. The topological polar surface area (TPSA) is 90.6 Å². The Morgan fingerprint density at radius 1 is 1.24 bits per heavy atom. The molecule has 2 N–H and O–H groups in total. The lowest BCUT2D eigenvalue weighted by molar-refractivity contribution is 0.0953. The minimum absolute atomic E-state index is 0.176. The quantitative estimate of drug-likeness (QED) is 0.609. The monoisotopic (exact) mass is 469 g/mol. The van der Waals surface area contributed by atoms with Gasteiger partial charge in [-0.2, -0.15) is 0 Å². The van der Waals surface area contributed by atoms with Crippen molar-refractivity contribution in [3.05, 3.63) is 62.7 Å². The smallest absolute Gasteiger partial charge is 0.272 e. The van der Waals surface area contributed by atoms with Gasteiger partial charge in [-0.05, 0) is 13.0 Å². The number of benzene rings is 1. The van der Waals surface area contributed by atoms with Gasteiger partial charge in [-0.25, -0.2) is 13.8 Å². The lowest BCUT2D eigenvalue weighted by Crippen LogP contribution is -2.46. The molecule has 1 aromatic carbocycles. The van der Waals surface area contributed by atoms with Crippen LogP contribution < -0.4 is 20.5 Å². The van der Waals surface area contributed by atoms with Crippen molar-refractivity contribution in [3.8, 4) is 5.75 Å². The molecule has 4 heterocycles. The number of anilines is 1. The van der Waals surface area contributed by atoms with Crippen molar-refractivity contribution in [2.45, 2.75) is 19.9 Å². The number of nitrogens with one attached hydrogen (secondary N) is 2. The third kappa shape index (κ3) is 3.77. The molecule has 3 aromatic rings. The Bertz CT molecular complexity index is 1350. The molecule has 10 heteroatoms. The van der Waals surface area contributed by atoms with Crippen molar-refractivity contribution in [2.24, 2.45) is 0 Å². The zero-order valence-corrected chi connectivity index (χ0v) is 19.0. The molecule has 0 aliphatic carbocycles. The Labute approximate surface area is 194 Å². The van der Waals surface area contributed by atoms with Crippen LogP contribution in [0, 0.1) is 18.6 Å². The number of fused-ring (bicyclic) bond motifs is 3. The Morgan fingerprint density at radius 3 is 2.74 bits per heavy atom. The number of hydrogen-bond donors (Lipinski definition) is 2. The summed E-state index contributed by atoms with van der Waals surface area (Å²) in [5.41, 5.74) is 1.94. The van der Waals surface area contributed by atoms with E-state index in [1.165, 1.54) is 13.1 Å². The van der Waals surface area contributed by atoms with Gasteiger partial charge in [-0.1, -0.05) is 6.07 Å². The molecule has 2 aliphatic rings. The van der Waals surface area contributed by atoms with E-state index in [0.29, 0.717) is 79.4 Å². The maximum absolute atomic E-state index is 15.3. The van der Waals surface area contributed by atoms with E-state index in [1.807, 2.05) is 4.90 Å². The van der Waals surface area contributed by atoms with E-state index in [1.54, 1.807) is 19.1 Å². The number of aromatic nitrogens is 2. The van der Waals surface area contributed by atoms with E-state index >= 15 is 4.39 Å².